The Balaban J connectivity index is 2.16. The Bertz CT molecular complexity index is 428. The highest BCUT2D eigenvalue weighted by Crippen LogP contribution is 2.26. The van der Waals surface area contributed by atoms with Crippen molar-refractivity contribution < 1.29 is 9.90 Å². The molecule has 4 nitrogen and oxygen atoms in total. The lowest BCUT2D eigenvalue weighted by Gasteiger charge is -2.37. The molecule has 1 aromatic heterocycles. The highest BCUT2D eigenvalue weighted by atomic mass is 35.5. The third kappa shape index (κ3) is 2.66. The van der Waals surface area contributed by atoms with Crippen LogP contribution >= 0.6 is 23.2 Å². The topological polar surface area (TPSA) is 56.3 Å². The van der Waals surface area contributed by atoms with Crippen molar-refractivity contribution in [1.82, 2.24) is 9.88 Å². The van der Waals surface area contributed by atoms with Crippen LogP contribution in [0.3, 0.4) is 0 Å². The molecule has 2 rings (SSSR count). The predicted molar refractivity (Wildman–Crippen MR) is 71.1 cm³/mol. The number of nitrogens with one attached hydrogen (secondary N) is 1. The van der Waals surface area contributed by atoms with Gasteiger partial charge in [-0.3, -0.25) is 4.79 Å². The molecule has 6 heteroatoms. The van der Waals surface area contributed by atoms with Crippen molar-refractivity contribution in [2.45, 2.75) is 25.8 Å². The number of carbonyl (C=O) groups excluding carboxylic acids is 1. The van der Waals surface area contributed by atoms with Gasteiger partial charge in [0.05, 0.1) is 5.02 Å². The maximum absolute atomic E-state index is 12.3. The van der Waals surface area contributed by atoms with Gasteiger partial charge in [-0.05, 0) is 31.7 Å². The second-order valence-electron chi connectivity index (χ2n) is 4.78. The van der Waals surface area contributed by atoms with Gasteiger partial charge in [0.1, 0.15) is 10.8 Å². The molecule has 1 amide bonds. The van der Waals surface area contributed by atoms with E-state index >= 15 is 0 Å². The van der Waals surface area contributed by atoms with Crippen LogP contribution in [0.15, 0.2) is 6.07 Å². The molecule has 18 heavy (non-hydrogen) atoms. The summed E-state index contributed by atoms with van der Waals surface area (Å²) in [6, 6.07) is 1.71. The predicted octanol–water partition coefficient (Wildman–Crippen LogP) is 2.55. The number of piperidine rings is 1. The Kier molecular flexibility index (Phi) is 4.20. The summed E-state index contributed by atoms with van der Waals surface area (Å²) < 4.78 is 0. The molecule has 0 saturated carbocycles. The van der Waals surface area contributed by atoms with Gasteiger partial charge in [0.25, 0.3) is 5.91 Å². The first-order chi connectivity index (χ1) is 8.52. The van der Waals surface area contributed by atoms with E-state index < -0.39 is 0 Å². The van der Waals surface area contributed by atoms with Crippen molar-refractivity contribution in [1.29, 1.82) is 0 Å². The molecule has 0 radical (unpaired) electrons. The Morgan fingerprint density at radius 1 is 1.56 bits per heavy atom. The minimum Gasteiger partial charge on any atom is -0.396 e. The van der Waals surface area contributed by atoms with Crippen LogP contribution < -0.4 is 0 Å². The summed E-state index contributed by atoms with van der Waals surface area (Å²) in [6.45, 7) is 2.70. The van der Waals surface area contributed by atoms with Crippen LogP contribution in [0.25, 0.3) is 0 Å². The normalized spacial score (nSPS) is 24.3. The van der Waals surface area contributed by atoms with E-state index in [4.69, 9.17) is 23.2 Å². The SMILES string of the molecule is CC1CCC(CO)CN1C(=O)c1cc(Cl)c(Cl)[nH]1. The van der Waals surface area contributed by atoms with Gasteiger partial charge in [0, 0.05) is 19.2 Å². The molecule has 2 atom stereocenters. The molecule has 1 fully saturated rings. The Hall–Kier alpha value is -0.710. The first-order valence-electron chi connectivity index (χ1n) is 5.98. The average Bonchev–Trinajstić information content (AvgIpc) is 2.69. The third-order valence-electron chi connectivity index (χ3n) is 3.45. The lowest BCUT2D eigenvalue weighted by Crippen LogP contribution is -2.46. The van der Waals surface area contributed by atoms with Gasteiger partial charge in [0.15, 0.2) is 0 Å². The summed E-state index contributed by atoms with van der Waals surface area (Å²) in [5.74, 6) is 0.0421. The van der Waals surface area contributed by atoms with E-state index in [1.54, 1.807) is 11.0 Å². The number of nitrogens with zero attached hydrogens (tertiary/aromatic N) is 1. The minimum absolute atomic E-state index is 0.114. The zero-order chi connectivity index (χ0) is 13.3. The standard InChI is InChI=1S/C12H16Cl2N2O2/c1-7-2-3-8(6-17)5-16(7)12(18)10-4-9(13)11(14)15-10/h4,7-8,15,17H,2-3,5-6H2,1H3. The summed E-state index contributed by atoms with van der Waals surface area (Å²) in [5.41, 5.74) is 0.399. The molecule has 0 aliphatic carbocycles. The number of carbonyl (C=O) groups is 1. The van der Waals surface area contributed by atoms with Gasteiger partial charge in [-0.25, -0.2) is 0 Å². The number of aromatic nitrogens is 1. The molecule has 2 unspecified atom stereocenters. The maximum atomic E-state index is 12.3. The smallest absolute Gasteiger partial charge is 0.270 e. The van der Waals surface area contributed by atoms with Crippen molar-refractivity contribution in [3.8, 4) is 0 Å². The van der Waals surface area contributed by atoms with E-state index in [0.717, 1.165) is 12.8 Å². The summed E-state index contributed by atoms with van der Waals surface area (Å²) in [5, 5.41) is 9.84. The van der Waals surface area contributed by atoms with Crippen LogP contribution in [-0.2, 0) is 0 Å². The summed E-state index contributed by atoms with van der Waals surface area (Å²) >= 11 is 11.6. The van der Waals surface area contributed by atoms with Crippen molar-refractivity contribution in [2.75, 3.05) is 13.2 Å². The second-order valence-corrected chi connectivity index (χ2v) is 5.56. The number of H-pyrrole nitrogens is 1. The molecule has 0 bridgehead atoms. The van der Waals surface area contributed by atoms with Crippen LogP contribution in [0.4, 0.5) is 0 Å². The van der Waals surface area contributed by atoms with Gasteiger partial charge in [-0.1, -0.05) is 23.2 Å². The molecule has 1 aliphatic heterocycles. The molecule has 1 aromatic rings. The van der Waals surface area contributed by atoms with Crippen molar-refractivity contribution >= 4 is 29.1 Å². The van der Waals surface area contributed by atoms with E-state index in [2.05, 4.69) is 4.98 Å². The average molecular weight is 291 g/mol. The lowest BCUT2D eigenvalue weighted by molar-refractivity contribution is 0.0484. The second kappa shape index (κ2) is 5.51. The number of hydrogen-bond acceptors (Lipinski definition) is 2. The summed E-state index contributed by atoms with van der Waals surface area (Å²) in [7, 11) is 0. The van der Waals surface area contributed by atoms with Gasteiger partial charge in [0.2, 0.25) is 0 Å². The van der Waals surface area contributed by atoms with E-state index in [1.165, 1.54) is 0 Å². The molecule has 0 aromatic carbocycles. The highest BCUT2D eigenvalue weighted by molar-refractivity contribution is 6.41. The Morgan fingerprint density at radius 3 is 2.83 bits per heavy atom. The quantitative estimate of drug-likeness (QED) is 0.879. The van der Waals surface area contributed by atoms with Crippen LogP contribution in [0.2, 0.25) is 10.2 Å². The van der Waals surface area contributed by atoms with E-state index in [-0.39, 0.29) is 29.6 Å². The molecule has 1 aliphatic rings. The Labute approximate surface area is 116 Å². The molecular formula is C12H16Cl2N2O2. The van der Waals surface area contributed by atoms with Crippen molar-refractivity contribution in [3.63, 3.8) is 0 Å². The van der Waals surface area contributed by atoms with Crippen LogP contribution in [0.1, 0.15) is 30.3 Å². The monoisotopic (exact) mass is 290 g/mol. The third-order valence-corrected chi connectivity index (χ3v) is 4.15. The number of aromatic amines is 1. The molecular weight excluding hydrogens is 275 g/mol. The number of hydrogen-bond donors (Lipinski definition) is 2. The summed E-state index contributed by atoms with van der Waals surface area (Å²) in [6.07, 6.45) is 1.85. The molecule has 2 heterocycles. The maximum Gasteiger partial charge on any atom is 0.270 e. The fourth-order valence-corrected chi connectivity index (χ4v) is 2.60. The Morgan fingerprint density at radius 2 is 2.28 bits per heavy atom. The largest absolute Gasteiger partial charge is 0.396 e. The molecule has 100 valence electrons. The number of aliphatic hydroxyl groups excluding tert-OH is 1. The number of aliphatic hydroxyl groups is 1. The molecule has 0 spiro atoms. The van der Waals surface area contributed by atoms with Gasteiger partial charge >= 0.3 is 0 Å². The van der Waals surface area contributed by atoms with E-state index in [0.29, 0.717) is 17.3 Å². The fraction of sp³-hybridized carbons (Fsp3) is 0.583. The lowest BCUT2D eigenvalue weighted by atomic mass is 9.94. The van der Waals surface area contributed by atoms with Crippen LogP contribution in [0.5, 0.6) is 0 Å². The number of rotatable bonds is 2. The first kappa shape index (κ1) is 13.7. The van der Waals surface area contributed by atoms with Gasteiger partial charge in [-0.2, -0.15) is 0 Å². The zero-order valence-electron chi connectivity index (χ0n) is 10.1. The highest BCUT2D eigenvalue weighted by Gasteiger charge is 2.30. The van der Waals surface area contributed by atoms with E-state index in [9.17, 15) is 9.90 Å². The van der Waals surface area contributed by atoms with Gasteiger partial charge < -0.3 is 15.0 Å². The first-order valence-corrected chi connectivity index (χ1v) is 6.74. The minimum atomic E-state index is -0.116. The number of likely N-dealkylation sites (tertiary alicyclic amines) is 1. The number of amides is 1. The molecule has 2 N–H and O–H groups in total. The van der Waals surface area contributed by atoms with Crippen LogP contribution in [0, 0.1) is 5.92 Å². The van der Waals surface area contributed by atoms with Crippen molar-refractivity contribution in [2.24, 2.45) is 5.92 Å². The fourth-order valence-electron chi connectivity index (χ4n) is 2.29. The molecule has 1 saturated heterocycles. The zero-order valence-corrected chi connectivity index (χ0v) is 11.6. The van der Waals surface area contributed by atoms with E-state index in [1.807, 2.05) is 6.92 Å². The van der Waals surface area contributed by atoms with Gasteiger partial charge in [-0.15, -0.1) is 0 Å². The number of halogens is 2. The van der Waals surface area contributed by atoms with Crippen molar-refractivity contribution in [3.05, 3.63) is 21.9 Å². The summed E-state index contributed by atoms with van der Waals surface area (Å²) in [4.78, 5) is 16.9. The van der Waals surface area contributed by atoms with Crippen LogP contribution in [-0.4, -0.2) is 40.1 Å².